The minimum Gasteiger partial charge on any atom is -0.398 e. The van der Waals surface area contributed by atoms with E-state index in [9.17, 15) is 4.39 Å². The van der Waals surface area contributed by atoms with Crippen LogP contribution in [0.3, 0.4) is 0 Å². The van der Waals surface area contributed by atoms with Crippen molar-refractivity contribution in [3.8, 4) is 0 Å². The van der Waals surface area contributed by atoms with Crippen molar-refractivity contribution in [2.24, 2.45) is 11.5 Å². The van der Waals surface area contributed by atoms with Gasteiger partial charge in [0.25, 0.3) is 0 Å². The fourth-order valence-corrected chi connectivity index (χ4v) is 0.994. The summed E-state index contributed by atoms with van der Waals surface area (Å²) in [5.41, 5.74) is 17.5. The molecule has 1 aromatic rings. The number of nitrogen functional groups attached to an aromatic ring is 1. The van der Waals surface area contributed by atoms with Crippen LogP contribution < -0.4 is 17.2 Å². The lowest BCUT2D eigenvalue weighted by Crippen LogP contribution is -2.21. The third kappa shape index (κ3) is 1.72. The van der Waals surface area contributed by atoms with Gasteiger partial charge in [0.15, 0.2) is 0 Å². The van der Waals surface area contributed by atoms with E-state index >= 15 is 0 Å². The molecule has 4 heteroatoms. The Kier molecular flexibility index (Phi) is 2.62. The molecule has 0 aromatic heterocycles. The van der Waals surface area contributed by atoms with Crippen LogP contribution in [0, 0.1) is 5.82 Å². The van der Waals surface area contributed by atoms with Gasteiger partial charge in [0.05, 0.1) is 0 Å². The molecule has 0 bridgehead atoms. The van der Waals surface area contributed by atoms with Crippen molar-refractivity contribution in [1.29, 1.82) is 0 Å². The zero-order valence-electron chi connectivity index (χ0n) is 6.63. The summed E-state index contributed by atoms with van der Waals surface area (Å²) >= 11 is 0. The van der Waals surface area contributed by atoms with Crippen molar-refractivity contribution in [2.75, 3.05) is 12.3 Å². The van der Waals surface area contributed by atoms with Crippen molar-refractivity contribution in [3.63, 3.8) is 0 Å². The van der Waals surface area contributed by atoms with E-state index in [1.807, 2.05) is 0 Å². The van der Waals surface area contributed by atoms with Gasteiger partial charge < -0.3 is 17.2 Å². The average molecular weight is 169 g/mol. The molecule has 66 valence electrons. The summed E-state index contributed by atoms with van der Waals surface area (Å²) in [4.78, 5) is 0. The van der Waals surface area contributed by atoms with Gasteiger partial charge in [-0.1, -0.05) is 0 Å². The van der Waals surface area contributed by atoms with Crippen molar-refractivity contribution in [1.82, 2.24) is 0 Å². The fraction of sp³-hybridized carbons (Fsp3) is 0.250. The first-order chi connectivity index (χ1) is 5.65. The second kappa shape index (κ2) is 3.51. The van der Waals surface area contributed by atoms with Crippen LogP contribution in [0.1, 0.15) is 11.6 Å². The molecule has 0 spiro atoms. The highest BCUT2D eigenvalue weighted by Crippen LogP contribution is 2.18. The van der Waals surface area contributed by atoms with Gasteiger partial charge in [-0.2, -0.15) is 0 Å². The number of anilines is 1. The Morgan fingerprint density at radius 3 is 2.67 bits per heavy atom. The molecule has 0 aliphatic heterocycles. The highest BCUT2D eigenvalue weighted by atomic mass is 19.1. The number of nitrogens with two attached hydrogens (primary N) is 3. The quantitative estimate of drug-likeness (QED) is 0.559. The summed E-state index contributed by atoms with van der Waals surface area (Å²) in [6.07, 6.45) is 0. The third-order valence-electron chi connectivity index (χ3n) is 1.70. The van der Waals surface area contributed by atoms with Gasteiger partial charge in [0.2, 0.25) is 0 Å². The number of benzene rings is 1. The van der Waals surface area contributed by atoms with Gasteiger partial charge in [0, 0.05) is 18.3 Å². The molecule has 0 aliphatic rings. The van der Waals surface area contributed by atoms with E-state index in [1.165, 1.54) is 18.2 Å². The Balaban J connectivity index is 3.04. The first-order valence-corrected chi connectivity index (χ1v) is 3.65. The van der Waals surface area contributed by atoms with Crippen LogP contribution in [0.4, 0.5) is 10.1 Å². The molecular weight excluding hydrogens is 157 g/mol. The van der Waals surface area contributed by atoms with Gasteiger partial charge in [-0.05, 0) is 23.8 Å². The SMILES string of the molecule is NCC(N)c1cc(F)ccc1N. The number of hydrogen-bond donors (Lipinski definition) is 3. The smallest absolute Gasteiger partial charge is 0.123 e. The van der Waals surface area contributed by atoms with E-state index in [2.05, 4.69) is 0 Å². The van der Waals surface area contributed by atoms with Gasteiger partial charge in [-0.15, -0.1) is 0 Å². The standard InChI is InChI=1S/C8H12FN3/c9-5-1-2-7(11)6(3-5)8(12)4-10/h1-3,8H,4,10-12H2. The molecule has 1 aromatic carbocycles. The maximum absolute atomic E-state index is 12.7. The summed E-state index contributed by atoms with van der Waals surface area (Å²) < 4.78 is 12.7. The molecule has 0 radical (unpaired) electrons. The Labute approximate surface area is 70.3 Å². The molecule has 0 heterocycles. The van der Waals surface area contributed by atoms with Crippen LogP contribution >= 0.6 is 0 Å². The number of hydrogen-bond acceptors (Lipinski definition) is 3. The maximum atomic E-state index is 12.7. The van der Waals surface area contributed by atoms with Crippen LogP contribution in [0.5, 0.6) is 0 Å². The van der Waals surface area contributed by atoms with Gasteiger partial charge in [-0.25, -0.2) is 4.39 Å². The minimum atomic E-state index is -0.388. The topological polar surface area (TPSA) is 78.1 Å². The summed E-state index contributed by atoms with van der Waals surface area (Å²) in [5, 5.41) is 0. The lowest BCUT2D eigenvalue weighted by molar-refractivity contribution is 0.620. The van der Waals surface area contributed by atoms with E-state index in [-0.39, 0.29) is 18.4 Å². The highest BCUT2D eigenvalue weighted by Gasteiger charge is 2.07. The van der Waals surface area contributed by atoms with Crippen LogP contribution in [0.2, 0.25) is 0 Å². The third-order valence-corrected chi connectivity index (χ3v) is 1.70. The molecule has 0 fully saturated rings. The Morgan fingerprint density at radius 2 is 2.08 bits per heavy atom. The van der Waals surface area contributed by atoms with Crippen LogP contribution in [0.15, 0.2) is 18.2 Å². The van der Waals surface area contributed by atoms with Crippen LogP contribution in [-0.2, 0) is 0 Å². The molecular formula is C8H12FN3. The maximum Gasteiger partial charge on any atom is 0.123 e. The molecule has 1 rings (SSSR count). The Hall–Kier alpha value is -1.13. The zero-order chi connectivity index (χ0) is 9.14. The number of halogens is 1. The fourth-order valence-electron chi connectivity index (χ4n) is 0.994. The molecule has 0 saturated heterocycles. The first-order valence-electron chi connectivity index (χ1n) is 3.65. The molecule has 0 aliphatic carbocycles. The minimum absolute atomic E-state index is 0.258. The van der Waals surface area contributed by atoms with Crippen molar-refractivity contribution in [2.45, 2.75) is 6.04 Å². The molecule has 6 N–H and O–H groups in total. The number of rotatable bonds is 2. The van der Waals surface area contributed by atoms with E-state index in [0.29, 0.717) is 11.3 Å². The van der Waals surface area contributed by atoms with E-state index in [0.717, 1.165) is 0 Å². The molecule has 0 saturated carbocycles. The first kappa shape index (κ1) is 8.96. The van der Waals surface area contributed by atoms with Crippen molar-refractivity contribution in [3.05, 3.63) is 29.6 Å². The molecule has 0 amide bonds. The Bertz CT molecular complexity index is 275. The molecule has 12 heavy (non-hydrogen) atoms. The predicted molar refractivity (Wildman–Crippen MR) is 46.8 cm³/mol. The monoisotopic (exact) mass is 169 g/mol. The van der Waals surface area contributed by atoms with E-state index in [1.54, 1.807) is 0 Å². The molecule has 3 nitrogen and oxygen atoms in total. The summed E-state index contributed by atoms with van der Waals surface area (Å²) in [7, 11) is 0. The van der Waals surface area contributed by atoms with Crippen molar-refractivity contribution < 1.29 is 4.39 Å². The largest absolute Gasteiger partial charge is 0.398 e. The summed E-state index contributed by atoms with van der Waals surface area (Å²) in [6, 6.07) is 3.70. The van der Waals surface area contributed by atoms with Gasteiger partial charge >= 0.3 is 0 Å². The second-order valence-electron chi connectivity index (χ2n) is 2.62. The van der Waals surface area contributed by atoms with Crippen LogP contribution in [-0.4, -0.2) is 6.54 Å². The van der Waals surface area contributed by atoms with E-state index < -0.39 is 0 Å². The zero-order valence-corrected chi connectivity index (χ0v) is 6.63. The molecule has 1 unspecified atom stereocenters. The Morgan fingerprint density at radius 1 is 1.42 bits per heavy atom. The lowest BCUT2D eigenvalue weighted by Gasteiger charge is -2.11. The molecule has 1 atom stereocenters. The normalized spacial score (nSPS) is 12.9. The van der Waals surface area contributed by atoms with Gasteiger partial charge in [-0.3, -0.25) is 0 Å². The summed E-state index contributed by atoms with van der Waals surface area (Å²) in [6.45, 7) is 0.258. The highest BCUT2D eigenvalue weighted by molar-refractivity contribution is 5.48. The predicted octanol–water partition coefficient (Wildman–Crippen LogP) is 0.366. The van der Waals surface area contributed by atoms with Gasteiger partial charge in [0.1, 0.15) is 5.82 Å². The second-order valence-corrected chi connectivity index (χ2v) is 2.62. The van der Waals surface area contributed by atoms with Crippen molar-refractivity contribution >= 4 is 5.69 Å². The summed E-state index contributed by atoms with van der Waals surface area (Å²) in [5.74, 6) is -0.344. The average Bonchev–Trinajstić information content (AvgIpc) is 2.08. The van der Waals surface area contributed by atoms with Crippen LogP contribution in [0.25, 0.3) is 0 Å². The lowest BCUT2D eigenvalue weighted by atomic mass is 10.1. The van der Waals surface area contributed by atoms with E-state index in [4.69, 9.17) is 17.2 Å².